The second-order valence-corrected chi connectivity index (χ2v) is 7.64. The van der Waals surface area contributed by atoms with Gasteiger partial charge in [0.15, 0.2) is 12.7 Å². The smallest absolute Gasteiger partial charge is 0.344 e. The van der Waals surface area contributed by atoms with Gasteiger partial charge in [-0.15, -0.1) is 0 Å². The molecule has 0 unspecified atom stereocenters. The Bertz CT molecular complexity index is 1060. The number of hydrogen-bond donors (Lipinski definition) is 1. The van der Waals surface area contributed by atoms with Gasteiger partial charge in [0.1, 0.15) is 5.75 Å². The largest absolute Gasteiger partial charge is 0.482 e. The second kappa shape index (κ2) is 9.47. The number of rotatable bonds is 8. The van der Waals surface area contributed by atoms with E-state index >= 15 is 0 Å². The molecule has 0 fully saturated rings. The van der Waals surface area contributed by atoms with E-state index in [-0.39, 0.29) is 12.4 Å². The van der Waals surface area contributed by atoms with E-state index in [4.69, 9.17) is 9.47 Å². The lowest BCUT2D eigenvalue weighted by atomic mass is 10.0. The van der Waals surface area contributed by atoms with Crippen LogP contribution in [0.1, 0.15) is 34.8 Å². The van der Waals surface area contributed by atoms with Gasteiger partial charge in [0.2, 0.25) is 5.78 Å². The maximum absolute atomic E-state index is 12.6. The molecule has 0 bridgehead atoms. The number of Topliss-reactive ketones (excluding diaryl/α,β-unsaturated/α-hetero) is 1. The summed E-state index contributed by atoms with van der Waals surface area (Å²) in [5.41, 5.74) is 5.01. The molecule has 0 saturated heterocycles. The molecular weight excluding hydrogens is 390 g/mol. The molecule has 1 N–H and O–H groups in total. The molecule has 3 aromatic rings. The van der Waals surface area contributed by atoms with Crippen molar-refractivity contribution in [3.05, 3.63) is 89.5 Å². The van der Waals surface area contributed by atoms with Crippen molar-refractivity contribution in [1.82, 2.24) is 0 Å². The van der Waals surface area contributed by atoms with Crippen LogP contribution in [-0.2, 0) is 22.4 Å². The third-order valence-electron chi connectivity index (χ3n) is 5.33. The normalized spacial score (nSPS) is 13.2. The average molecular weight is 415 g/mol. The number of carbonyl (C=O) groups excluding carboxylic acids is 2. The Labute approximate surface area is 182 Å². The number of esters is 1. The number of aryl methyl sites for hydroxylation is 2. The molecule has 0 heterocycles. The number of benzene rings is 3. The van der Waals surface area contributed by atoms with Gasteiger partial charge in [0.25, 0.3) is 0 Å². The number of nitrogens with one attached hydrogen (secondary N) is 1. The average Bonchev–Trinajstić information content (AvgIpc) is 3.27. The fourth-order valence-corrected chi connectivity index (χ4v) is 3.71. The molecule has 0 saturated carbocycles. The van der Waals surface area contributed by atoms with Crippen LogP contribution in [-0.4, -0.2) is 24.5 Å². The maximum atomic E-state index is 12.6. The minimum absolute atomic E-state index is 0.195. The van der Waals surface area contributed by atoms with Crippen LogP contribution >= 0.6 is 0 Å². The van der Waals surface area contributed by atoms with Crippen LogP contribution in [0.15, 0.2) is 72.8 Å². The predicted octanol–water partition coefficient (Wildman–Crippen LogP) is 5.11. The molecule has 0 aromatic heterocycles. The van der Waals surface area contributed by atoms with Crippen molar-refractivity contribution in [2.75, 3.05) is 11.9 Å². The zero-order valence-corrected chi connectivity index (χ0v) is 17.5. The Morgan fingerprint density at radius 2 is 1.61 bits per heavy atom. The molecule has 0 spiro atoms. The summed E-state index contributed by atoms with van der Waals surface area (Å²) in [5.74, 6) is -0.221. The van der Waals surface area contributed by atoms with E-state index in [0.29, 0.717) is 11.3 Å². The third-order valence-corrected chi connectivity index (χ3v) is 5.33. The minimum atomic E-state index is -0.854. The van der Waals surface area contributed by atoms with E-state index in [1.54, 1.807) is 19.1 Å². The quantitative estimate of drug-likeness (QED) is 0.409. The Morgan fingerprint density at radius 1 is 0.903 bits per heavy atom. The number of carbonyl (C=O) groups is 2. The summed E-state index contributed by atoms with van der Waals surface area (Å²) >= 11 is 0. The lowest BCUT2D eigenvalue weighted by Crippen LogP contribution is -2.27. The van der Waals surface area contributed by atoms with Crippen LogP contribution in [0.3, 0.4) is 0 Å². The van der Waals surface area contributed by atoms with Crippen molar-refractivity contribution < 1.29 is 19.1 Å². The van der Waals surface area contributed by atoms with Gasteiger partial charge in [-0.3, -0.25) is 4.79 Å². The Kier molecular flexibility index (Phi) is 6.32. The molecule has 5 heteroatoms. The summed E-state index contributed by atoms with van der Waals surface area (Å²) in [6, 6.07) is 22.9. The Morgan fingerprint density at radius 3 is 2.39 bits per heavy atom. The number of para-hydroxylation sites is 1. The van der Waals surface area contributed by atoms with Crippen LogP contribution in [0.25, 0.3) is 0 Å². The van der Waals surface area contributed by atoms with Crippen LogP contribution < -0.4 is 10.1 Å². The summed E-state index contributed by atoms with van der Waals surface area (Å²) in [6.45, 7) is 1.34. The molecule has 3 aromatic carbocycles. The predicted molar refractivity (Wildman–Crippen MR) is 120 cm³/mol. The van der Waals surface area contributed by atoms with Gasteiger partial charge >= 0.3 is 5.97 Å². The van der Waals surface area contributed by atoms with Crippen LogP contribution in [0.2, 0.25) is 0 Å². The van der Waals surface area contributed by atoms with Crippen molar-refractivity contribution in [2.24, 2.45) is 0 Å². The molecule has 0 radical (unpaired) electrons. The highest BCUT2D eigenvalue weighted by Crippen LogP contribution is 2.24. The second-order valence-electron chi connectivity index (χ2n) is 7.64. The van der Waals surface area contributed by atoms with Crippen molar-refractivity contribution in [1.29, 1.82) is 0 Å². The summed E-state index contributed by atoms with van der Waals surface area (Å²) in [6.07, 6.45) is 2.33. The minimum Gasteiger partial charge on any atom is -0.482 e. The van der Waals surface area contributed by atoms with Gasteiger partial charge in [-0.1, -0.05) is 30.3 Å². The maximum Gasteiger partial charge on any atom is 0.344 e. The Balaban J connectivity index is 1.26. The van der Waals surface area contributed by atoms with Gasteiger partial charge < -0.3 is 14.8 Å². The summed E-state index contributed by atoms with van der Waals surface area (Å²) in [5, 5.41) is 3.28. The van der Waals surface area contributed by atoms with E-state index in [9.17, 15) is 9.59 Å². The monoisotopic (exact) mass is 415 g/mol. The first kappa shape index (κ1) is 20.7. The third kappa shape index (κ3) is 5.31. The summed E-state index contributed by atoms with van der Waals surface area (Å²) < 4.78 is 10.8. The fourth-order valence-electron chi connectivity index (χ4n) is 3.71. The highest BCUT2D eigenvalue weighted by Gasteiger charge is 2.21. The van der Waals surface area contributed by atoms with E-state index in [1.807, 2.05) is 60.7 Å². The van der Waals surface area contributed by atoms with Gasteiger partial charge in [-0.2, -0.15) is 0 Å². The zero-order chi connectivity index (χ0) is 21.6. The van der Waals surface area contributed by atoms with Crippen LogP contribution in [0.4, 0.5) is 11.4 Å². The van der Waals surface area contributed by atoms with Gasteiger partial charge in [-0.25, -0.2) is 4.79 Å². The molecule has 1 atom stereocenters. The highest BCUT2D eigenvalue weighted by molar-refractivity contribution is 6.00. The molecule has 158 valence electrons. The first-order valence-corrected chi connectivity index (χ1v) is 10.5. The van der Waals surface area contributed by atoms with Crippen molar-refractivity contribution in [2.45, 2.75) is 32.3 Å². The van der Waals surface area contributed by atoms with Crippen molar-refractivity contribution >= 4 is 23.1 Å². The molecule has 0 amide bonds. The van der Waals surface area contributed by atoms with E-state index in [1.165, 1.54) is 11.1 Å². The van der Waals surface area contributed by atoms with Crippen LogP contribution in [0.5, 0.6) is 5.75 Å². The Hall–Kier alpha value is -3.60. The summed E-state index contributed by atoms with van der Waals surface area (Å²) in [4.78, 5) is 24.8. The van der Waals surface area contributed by atoms with Crippen molar-refractivity contribution in [3.8, 4) is 5.75 Å². The van der Waals surface area contributed by atoms with Gasteiger partial charge in [-0.05, 0) is 79.8 Å². The molecule has 1 aliphatic carbocycles. The van der Waals surface area contributed by atoms with Gasteiger partial charge in [0, 0.05) is 16.9 Å². The number of fused-ring (bicyclic) bond motifs is 1. The molecular formula is C26H25NO4. The van der Waals surface area contributed by atoms with E-state index < -0.39 is 12.1 Å². The fraction of sp³-hybridized carbons (Fsp3) is 0.231. The van der Waals surface area contributed by atoms with Crippen LogP contribution in [0, 0.1) is 0 Å². The summed E-state index contributed by atoms with van der Waals surface area (Å²) in [7, 11) is 0. The molecule has 4 rings (SSSR count). The first-order valence-electron chi connectivity index (χ1n) is 10.5. The molecule has 5 nitrogen and oxygen atoms in total. The standard InChI is InChI=1S/C26H25NO4/c1-18(26(29)21-11-10-19-6-5-7-20(19)16-21)31-25(28)17-30-24-14-12-23(13-15-24)27-22-8-3-2-4-9-22/h2-4,8-16,18,27H,5-7,17H2,1H3/t18-/m1/s1. The number of hydrogen-bond acceptors (Lipinski definition) is 5. The number of anilines is 2. The lowest BCUT2D eigenvalue weighted by molar-refractivity contribution is -0.148. The topological polar surface area (TPSA) is 64.6 Å². The number of ketones is 1. The highest BCUT2D eigenvalue weighted by atomic mass is 16.6. The van der Waals surface area contributed by atoms with Gasteiger partial charge in [0.05, 0.1) is 0 Å². The molecule has 0 aliphatic heterocycles. The van der Waals surface area contributed by atoms with Crippen molar-refractivity contribution in [3.63, 3.8) is 0 Å². The molecule has 31 heavy (non-hydrogen) atoms. The SMILES string of the molecule is C[C@@H](OC(=O)COc1ccc(Nc2ccccc2)cc1)C(=O)c1ccc2c(c1)CCC2. The lowest BCUT2D eigenvalue weighted by Gasteiger charge is -2.14. The molecule has 1 aliphatic rings. The first-order chi connectivity index (χ1) is 15.1. The van der Waals surface area contributed by atoms with E-state index in [2.05, 4.69) is 5.32 Å². The number of ether oxygens (including phenoxy) is 2. The zero-order valence-electron chi connectivity index (χ0n) is 17.5. The van der Waals surface area contributed by atoms with E-state index in [0.717, 1.165) is 30.6 Å².